The van der Waals surface area contributed by atoms with Gasteiger partial charge in [0, 0.05) is 110 Å². The monoisotopic (exact) mass is 1570 g/mol. The molecule has 10 aromatic rings. The third kappa shape index (κ3) is 21.4. The number of hydrazone groups is 1. The summed E-state index contributed by atoms with van der Waals surface area (Å²) in [5.74, 6) is 6.57. The number of pyridine rings is 2. The number of hydrazine groups is 1. The number of fused-ring (bicyclic) bond motifs is 1. The first-order valence-electron chi connectivity index (χ1n) is 32.7. The molecule has 0 radical (unpaired) electrons. The van der Waals surface area contributed by atoms with Gasteiger partial charge in [-0.15, -0.1) is 45.3 Å². The number of nitrogens with two attached hydrogens (primary N) is 2. The maximum atomic E-state index is 13.3. The number of nitrogens with zero attached hydrogens (tertiary/aromatic N) is 6. The third-order valence-electron chi connectivity index (χ3n) is 16.3. The highest BCUT2D eigenvalue weighted by Crippen LogP contribution is 2.40. The molecular formula is C77H78N14O9S7. The van der Waals surface area contributed by atoms with Crippen LogP contribution in [0.5, 0.6) is 11.5 Å². The lowest BCUT2D eigenvalue weighted by molar-refractivity contribution is -0.115. The number of thiocarbonyl (C=S) groups is 3. The summed E-state index contributed by atoms with van der Waals surface area (Å²) in [6.45, 7) is 22.3. The number of nitrogens with one attached hydrogen (secondary N) is 6. The number of ketones is 3. The highest BCUT2D eigenvalue weighted by Gasteiger charge is 2.28. The Balaban J connectivity index is 0.000000184. The van der Waals surface area contributed by atoms with Gasteiger partial charge in [0.15, 0.2) is 27.6 Å². The van der Waals surface area contributed by atoms with E-state index in [-0.39, 0.29) is 46.1 Å². The summed E-state index contributed by atoms with van der Waals surface area (Å²) in [5, 5.41) is 31.3. The smallest absolute Gasteiger partial charge is 0.221 e. The lowest BCUT2D eigenvalue weighted by atomic mass is 10.00. The molecule has 10 N–H and O–H groups in total. The van der Waals surface area contributed by atoms with Crippen LogP contribution in [0.25, 0.3) is 0 Å². The Morgan fingerprint density at radius 2 is 0.963 bits per heavy atom. The largest absolute Gasteiger partial charge is 0.495 e. The number of aryl methyl sites for hydroxylation is 4. The highest BCUT2D eigenvalue weighted by atomic mass is 32.1. The molecule has 552 valence electrons. The highest BCUT2D eigenvalue weighted by molar-refractivity contribution is 7.80. The fraction of sp³-hybridized carbons (Fsp3) is 0.208. The average molecular weight is 1570 g/mol. The number of aliphatic imine (C=N–C) groups is 1. The standard InChI is InChI=1S/C23H25N5O3S2.C23H23N5O2S2.C16H14N2O2S2.C15H16N2O2S/c1-13-14(2)33-22(20(13)21(30)17-5-7-18(8-6-17)26-15(3)29)27-23(32)28(24)12-16-9-19(31-4)11-25-10-16;1-13-14(2)32-22-20(13)21(17-5-7-18(8-6-17)25-15(3)29)27-28(23(31)26-22)12-16-9-19(30-4)11-24-10-16;1-9-10(2)22-16(17-8-21)14(9)15(20)12-4-6-13(7-5-12)18-11(3)19;1-8-9(2)20-15(16)13(8)14(19)11-4-6-12(7-5-11)17-10(3)18/h5-11H,12,24H2,1-4H3,(H,26,29)(H,27,32);5-11H,12H2,1-4H3,(H,25,29)(H,26,31);4-7H,1-3H3,(H,18,19);4-7H,16H2,1-3H3,(H,17,18). The minimum atomic E-state index is -0.172. The molecule has 0 bridgehead atoms. The summed E-state index contributed by atoms with van der Waals surface area (Å²) in [4.78, 5) is 99.7. The molecule has 107 heavy (non-hydrogen) atoms. The number of thiophene rings is 4. The van der Waals surface area contributed by atoms with E-state index in [1.54, 1.807) is 128 Å². The SMILES string of the molecule is CC(=O)Nc1ccc(C(=O)c2c(N)sc(C)c2C)cc1.CC(=O)Nc1ccc(C(=O)c2c(N=C=S)sc(C)c2C)cc1.COc1cncc(CN(N)C(=S)Nc2sc(C)c(C)c2C(=O)c2ccc(NC(C)=O)cc2)c1.COc1cncc(CN2N=C(c3ccc(NC(C)=O)cc3)c3c(sc(C)c3C)NC2=S)c1. The van der Waals surface area contributed by atoms with Crippen molar-refractivity contribution in [2.75, 3.05) is 51.9 Å². The first kappa shape index (κ1) is 81.7. The number of carbonyl (C=O) groups is 7. The molecule has 4 aromatic carbocycles. The molecule has 23 nitrogen and oxygen atoms in total. The molecule has 0 saturated carbocycles. The van der Waals surface area contributed by atoms with E-state index in [2.05, 4.69) is 78.1 Å². The number of hydrogen-bond donors (Lipinski definition) is 8. The molecule has 0 saturated heterocycles. The molecule has 7 heterocycles. The van der Waals surface area contributed by atoms with Crippen molar-refractivity contribution in [3.05, 3.63) is 231 Å². The van der Waals surface area contributed by atoms with Crippen LogP contribution in [0.4, 0.5) is 42.8 Å². The first-order chi connectivity index (χ1) is 50.9. The number of ether oxygens (including phenoxy) is 2. The maximum absolute atomic E-state index is 13.3. The van der Waals surface area contributed by atoms with Gasteiger partial charge in [-0.3, -0.25) is 48.5 Å². The second-order valence-electron chi connectivity index (χ2n) is 24.1. The van der Waals surface area contributed by atoms with Crippen molar-refractivity contribution in [1.29, 1.82) is 0 Å². The number of methoxy groups -OCH3 is 2. The molecule has 1 aliphatic heterocycles. The van der Waals surface area contributed by atoms with Crippen LogP contribution < -0.4 is 53.0 Å². The van der Waals surface area contributed by atoms with Crippen molar-refractivity contribution < 1.29 is 43.0 Å². The Bertz CT molecular complexity index is 5120. The van der Waals surface area contributed by atoms with E-state index in [9.17, 15) is 33.6 Å². The zero-order chi connectivity index (χ0) is 78.1. The van der Waals surface area contributed by atoms with Gasteiger partial charge in [0.2, 0.25) is 23.6 Å². The van der Waals surface area contributed by atoms with E-state index in [1.165, 1.54) is 71.6 Å². The van der Waals surface area contributed by atoms with Crippen molar-refractivity contribution in [2.24, 2.45) is 15.9 Å². The Morgan fingerprint density at radius 1 is 0.551 bits per heavy atom. The van der Waals surface area contributed by atoms with Gasteiger partial charge in [-0.1, -0.05) is 12.1 Å². The Hall–Kier alpha value is -10.9. The van der Waals surface area contributed by atoms with E-state index in [0.29, 0.717) is 95.1 Å². The molecule has 11 rings (SSSR count). The Morgan fingerprint density at radius 3 is 1.42 bits per heavy atom. The van der Waals surface area contributed by atoms with E-state index >= 15 is 0 Å². The van der Waals surface area contributed by atoms with Crippen LogP contribution in [0, 0.1) is 55.4 Å². The van der Waals surface area contributed by atoms with Crippen LogP contribution in [-0.4, -0.2) is 96.3 Å². The molecule has 30 heteroatoms. The predicted molar refractivity (Wildman–Crippen MR) is 442 cm³/mol. The van der Waals surface area contributed by atoms with Gasteiger partial charge in [0.1, 0.15) is 32.2 Å². The second kappa shape index (κ2) is 37.4. The molecule has 1 aliphatic rings. The number of nitrogen functional groups attached to an aromatic ring is 1. The van der Waals surface area contributed by atoms with Crippen molar-refractivity contribution >= 4 is 187 Å². The Kier molecular flexibility index (Phi) is 28.5. The number of aromatic nitrogens is 2. The summed E-state index contributed by atoms with van der Waals surface area (Å²) in [5.41, 5.74) is 20.3. The zero-order valence-electron chi connectivity index (χ0n) is 61.0. The maximum Gasteiger partial charge on any atom is 0.221 e. The van der Waals surface area contributed by atoms with Crippen LogP contribution in [0.1, 0.15) is 139 Å². The normalized spacial score (nSPS) is 11.1. The number of hydrogen-bond acceptors (Lipinski definition) is 22. The molecule has 0 fully saturated rings. The van der Waals surface area contributed by atoms with Gasteiger partial charge in [-0.25, -0.2) is 10.9 Å². The number of isothiocyanates is 1. The summed E-state index contributed by atoms with van der Waals surface area (Å²) in [6.07, 6.45) is 6.73. The van der Waals surface area contributed by atoms with E-state index in [0.717, 1.165) is 75.5 Å². The number of carbonyl (C=O) groups excluding carboxylic acids is 7. The van der Waals surface area contributed by atoms with E-state index < -0.39 is 0 Å². The Labute approximate surface area is 651 Å². The quantitative estimate of drug-likeness (QED) is 0.0123. The fourth-order valence-corrected chi connectivity index (χ4v) is 15.3. The van der Waals surface area contributed by atoms with Crippen LogP contribution >= 0.6 is 82.0 Å². The summed E-state index contributed by atoms with van der Waals surface area (Å²) in [6, 6.07) is 31.8. The van der Waals surface area contributed by atoms with Gasteiger partial charge in [0.25, 0.3) is 0 Å². The number of anilines is 7. The average Bonchev–Trinajstić information content (AvgIpc) is 1.65. The lowest BCUT2D eigenvalue weighted by Gasteiger charge is -2.20. The molecule has 4 amide bonds. The molecule has 0 atom stereocenters. The molecule has 0 aliphatic carbocycles. The van der Waals surface area contributed by atoms with Crippen molar-refractivity contribution in [3.8, 4) is 11.5 Å². The van der Waals surface area contributed by atoms with E-state index in [4.69, 9.17) is 50.6 Å². The summed E-state index contributed by atoms with van der Waals surface area (Å²) >= 11 is 21.8. The number of amides is 4. The molecule has 6 aromatic heterocycles. The first-order valence-corrected chi connectivity index (χ1v) is 37.2. The van der Waals surface area contributed by atoms with Crippen molar-refractivity contribution in [3.63, 3.8) is 0 Å². The minimum Gasteiger partial charge on any atom is -0.495 e. The second-order valence-corrected chi connectivity index (χ2v) is 30.0. The van der Waals surface area contributed by atoms with E-state index in [1.807, 2.05) is 77.9 Å². The van der Waals surface area contributed by atoms with Gasteiger partial charge in [-0.05, 0) is 222 Å². The fourth-order valence-electron chi connectivity index (χ4n) is 10.6. The van der Waals surface area contributed by atoms with Crippen LogP contribution in [0.2, 0.25) is 0 Å². The van der Waals surface area contributed by atoms with Gasteiger partial charge in [0.05, 0.1) is 66.6 Å². The predicted octanol–water partition coefficient (Wildman–Crippen LogP) is 16.1. The summed E-state index contributed by atoms with van der Waals surface area (Å²) in [7, 11) is 3.18. The topological polar surface area (TPSA) is 319 Å². The minimum absolute atomic E-state index is 0.0845. The molecule has 0 spiro atoms. The van der Waals surface area contributed by atoms with Gasteiger partial charge >= 0.3 is 0 Å². The van der Waals surface area contributed by atoms with Gasteiger partial charge in [-0.2, -0.15) is 10.1 Å². The van der Waals surface area contributed by atoms with Crippen molar-refractivity contribution in [2.45, 2.75) is 96.2 Å². The lowest BCUT2D eigenvalue weighted by Crippen LogP contribution is -2.39. The summed E-state index contributed by atoms with van der Waals surface area (Å²) < 4.78 is 10.5. The number of rotatable bonds is 19. The molecular weight excluding hydrogens is 1490 g/mol. The van der Waals surface area contributed by atoms with Gasteiger partial charge < -0.3 is 47.1 Å². The van der Waals surface area contributed by atoms with Crippen LogP contribution in [0.3, 0.4) is 0 Å². The van der Waals surface area contributed by atoms with Crippen molar-refractivity contribution in [1.82, 2.24) is 20.0 Å². The van der Waals surface area contributed by atoms with Crippen LogP contribution in [-0.2, 0) is 32.3 Å². The zero-order valence-corrected chi connectivity index (χ0v) is 66.7. The van der Waals surface area contributed by atoms with Crippen LogP contribution in [0.15, 0.2) is 144 Å². The molecule has 0 unspecified atom stereocenters. The third-order valence-corrected chi connectivity index (χ3v) is 21.5. The number of benzene rings is 4.